The summed E-state index contributed by atoms with van der Waals surface area (Å²) < 4.78 is 28.8. The number of para-hydroxylation sites is 1. The number of sulfone groups is 1. The first-order valence-corrected chi connectivity index (χ1v) is 9.58. The summed E-state index contributed by atoms with van der Waals surface area (Å²) in [4.78, 5) is 0. The van der Waals surface area contributed by atoms with E-state index in [0.717, 1.165) is 35.3 Å². The quantitative estimate of drug-likeness (QED) is 0.685. The van der Waals surface area contributed by atoms with E-state index in [1.807, 2.05) is 18.2 Å². The Hall–Kier alpha value is -0.590. The van der Waals surface area contributed by atoms with Crippen LogP contribution in [0.1, 0.15) is 25.3 Å². The summed E-state index contributed by atoms with van der Waals surface area (Å²) in [6, 6.07) is 5.91. The lowest BCUT2D eigenvalue weighted by molar-refractivity contribution is 0.311. The summed E-state index contributed by atoms with van der Waals surface area (Å²) in [5.41, 5.74) is 1.08. The van der Waals surface area contributed by atoms with Crippen LogP contribution in [0.3, 0.4) is 0 Å². The van der Waals surface area contributed by atoms with E-state index >= 15 is 0 Å². The first kappa shape index (κ1) is 17.5. The summed E-state index contributed by atoms with van der Waals surface area (Å²) in [6.07, 6.45) is 2.83. The number of nitrogens with one attached hydrogen (secondary N) is 1. The standard InChI is InChI=1S/C14H22BrNO3S/c1-3-8-16-11-12-6-4-7-13(15)14(12)19-9-5-10-20(2,17)18/h4,6-7,16H,3,5,8-11H2,1-2H3. The molecule has 6 heteroatoms. The van der Waals surface area contributed by atoms with E-state index in [0.29, 0.717) is 13.0 Å². The lowest BCUT2D eigenvalue weighted by Crippen LogP contribution is -2.15. The SMILES string of the molecule is CCCNCc1cccc(Br)c1OCCCS(C)(=O)=O. The third-order valence-electron chi connectivity index (χ3n) is 2.70. The smallest absolute Gasteiger partial charge is 0.147 e. The fourth-order valence-electron chi connectivity index (χ4n) is 1.75. The molecule has 0 radical (unpaired) electrons. The molecule has 0 fully saturated rings. The van der Waals surface area contributed by atoms with Gasteiger partial charge < -0.3 is 10.1 Å². The van der Waals surface area contributed by atoms with Crippen LogP contribution in [0.2, 0.25) is 0 Å². The molecule has 0 aliphatic rings. The van der Waals surface area contributed by atoms with E-state index in [4.69, 9.17) is 4.74 Å². The third kappa shape index (κ3) is 6.72. The minimum absolute atomic E-state index is 0.154. The maximum atomic E-state index is 11.1. The molecule has 0 saturated carbocycles. The molecule has 0 aliphatic heterocycles. The molecule has 1 aromatic rings. The number of hydrogen-bond donors (Lipinski definition) is 1. The van der Waals surface area contributed by atoms with Crippen LogP contribution in [0, 0.1) is 0 Å². The van der Waals surface area contributed by atoms with Crippen molar-refractivity contribution in [3.8, 4) is 5.75 Å². The zero-order chi connectivity index (χ0) is 15.0. The highest BCUT2D eigenvalue weighted by Crippen LogP contribution is 2.29. The Morgan fingerprint density at radius 3 is 2.75 bits per heavy atom. The van der Waals surface area contributed by atoms with Gasteiger partial charge in [0.05, 0.1) is 16.8 Å². The number of halogens is 1. The monoisotopic (exact) mass is 363 g/mol. The van der Waals surface area contributed by atoms with Crippen molar-refractivity contribution >= 4 is 25.8 Å². The number of ether oxygens (including phenoxy) is 1. The Bertz CT molecular complexity index is 517. The predicted molar refractivity (Wildman–Crippen MR) is 86.0 cm³/mol. The summed E-state index contributed by atoms with van der Waals surface area (Å²) >= 11 is 3.48. The van der Waals surface area contributed by atoms with Crippen molar-refractivity contribution in [3.05, 3.63) is 28.2 Å². The van der Waals surface area contributed by atoms with Gasteiger partial charge in [-0.25, -0.2) is 8.42 Å². The van der Waals surface area contributed by atoms with Gasteiger partial charge in [0.2, 0.25) is 0 Å². The van der Waals surface area contributed by atoms with Crippen molar-refractivity contribution in [2.24, 2.45) is 0 Å². The molecule has 1 rings (SSSR count). The Balaban J connectivity index is 2.58. The zero-order valence-corrected chi connectivity index (χ0v) is 14.4. The normalized spacial score (nSPS) is 11.6. The second kappa shape index (κ2) is 8.64. The van der Waals surface area contributed by atoms with Gasteiger partial charge >= 0.3 is 0 Å². The first-order chi connectivity index (χ1) is 9.44. The second-order valence-electron chi connectivity index (χ2n) is 4.74. The first-order valence-electron chi connectivity index (χ1n) is 6.72. The number of rotatable bonds is 9. The van der Waals surface area contributed by atoms with Crippen LogP contribution in [0.5, 0.6) is 5.75 Å². The van der Waals surface area contributed by atoms with E-state index in [1.165, 1.54) is 6.26 Å². The Morgan fingerprint density at radius 2 is 2.10 bits per heavy atom. The van der Waals surface area contributed by atoms with Gasteiger partial charge in [0.25, 0.3) is 0 Å². The van der Waals surface area contributed by atoms with Crippen molar-refractivity contribution in [3.63, 3.8) is 0 Å². The Kier molecular flexibility index (Phi) is 7.55. The van der Waals surface area contributed by atoms with E-state index in [2.05, 4.69) is 28.2 Å². The third-order valence-corrected chi connectivity index (χ3v) is 4.35. The average Bonchev–Trinajstić information content (AvgIpc) is 2.36. The molecule has 0 spiro atoms. The molecule has 0 amide bonds. The summed E-state index contributed by atoms with van der Waals surface area (Å²) in [7, 11) is -2.92. The predicted octanol–water partition coefficient (Wildman–Crippen LogP) is 2.76. The topological polar surface area (TPSA) is 55.4 Å². The lowest BCUT2D eigenvalue weighted by atomic mass is 10.2. The van der Waals surface area contributed by atoms with E-state index in [1.54, 1.807) is 0 Å². The molecule has 0 unspecified atom stereocenters. The fraction of sp³-hybridized carbons (Fsp3) is 0.571. The highest BCUT2D eigenvalue weighted by atomic mass is 79.9. The molecule has 0 atom stereocenters. The van der Waals surface area contributed by atoms with Gasteiger partial charge in [0.15, 0.2) is 0 Å². The zero-order valence-electron chi connectivity index (χ0n) is 12.0. The summed E-state index contributed by atoms with van der Waals surface area (Å²) in [5, 5.41) is 3.34. The average molecular weight is 364 g/mol. The van der Waals surface area contributed by atoms with Gasteiger partial charge in [-0.15, -0.1) is 0 Å². The minimum atomic E-state index is -2.92. The van der Waals surface area contributed by atoms with E-state index in [9.17, 15) is 8.42 Å². The van der Waals surface area contributed by atoms with Crippen LogP contribution in [0.15, 0.2) is 22.7 Å². The largest absolute Gasteiger partial charge is 0.492 e. The maximum absolute atomic E-state index is 11.1. The Labute approximate surface area is 130 Å². The highest BCUT2D eigenvalue weighted by molar-refractivity contribution is 9.10. The van der Waals surface area contributed by atoms with Gasteiger partial charge in [-0.05, 0) is 41.4 Å². The molecule has 4 nitrogen and oxygen atoms in total. The minimum Gasteiger partial charge on any atom is -0.492 e. The van der Waals surface area contributed by atoms with Gasteiger partial charge in [-0.2, -0.15) is 0 Å². The molecule has 20 heavy (non-hydrogen) atoms. The van der Waals surface area contributed by atoms with Crippen LogP contribution in [-0.4, -0.2) is 33.6 Å². The molecule has 1 N–H and O–H groups in total. The molecule has 0 heterocycles. The van der Waals surface area contributed by atoms with Crippen LogP contribution in [0.4, 0.5) is 0 Å². The Morgan fingerprint density at radius 1 is 1.35 bits per heavy atom. The molecule has 114 valence electrons. The van der Waals surface area contributed by atoms with Crippen molar-refractivity contribution in [1.29, 1.82) is 0 Å². The number of benzene rings is 1. The lowest BCUT2D eigenvalue weighted by Gasteiger charge is -2.13. The maximum Gasteiger partial charge on any atom is 0.147 e. The van der Waals surface area contributed by atoms with Crippen LogP contribution in [-0.2, 0) is 16.4 Å². The second-order valence-corrected chi connectivity index (χ2v) is 7.85. The van der Waals surface area contributed by atoms with Gasteiger partial charge in [-0.3, -0.25) is 0 Å². The van der Waals surface area contributed by atoms with Crippen LogP contribution >= 0.6 is 15.9 Å². The highest BCUT2D eigenvalue weighted by Gasteiger charge is 2.08. The van der Waals surface area contributed by atoms with Crippen LogP contribution in [0.25, 0.3) is 0 Å². The summed E-state index contributed by atoms with van der Waals surface area (Å²) in [5.74, 6) is 0.950. The molecule has 0 aromatic heterocycles. The summed E-state index contributed by atoms with van der Waals surface area (Å²) in [6.45, 7) is 4.22. The molecular weight excluding hydrogens is 342 g/mol. The molecule has 0 bridgehead atoms. The molecular formula is C14H22BrNO3S. The molecule has 1 aromatic carbocycles. The van der Waals surface area contributed by atoms with Crippen molar-refractivity contribution < 1.29 is 13.2 Å². The van der Waals surface area contributed by atoms with Gasteiger partial charge in [-0.1, -0.05) is 19.1 Å². The molecule has 0 aliphatic carbocycles. The molecule has 0 saturated heterocycles. The van der Waals surface area contributed by atoms with Crippen molar-refractivity contribution in [2.75, 3.05) is 25.2 Å². The van der Waals surface area contributed by atoms with Crippen molar-refractivity contribution in [1.82, 2.24) is 5.32 Å². The van der Waals surface area contributed by atoms with E-state index in [-0.39, 0.29) is 5.75 Å². The van der Waals surface area contributed by atoms with Crippen LogP contribution < -0.4 is 10.1 Å². The fourth-order valence-corrected chi connectivity index (χ4v) is 2.91. The van der Waals surface area contributed by atoms with Gasteiger partial charge in [0, 0.05) is 18.4 Å². The van der Waals surface area contributed by atoms with Crippen molar-refractivity contribution in [2.45, 2.75) is 26.3 Å². The van der Waals surface area contributed by atoms with E-state index < -0.39 is 9.84 Å². The number of hydrogen-bond acceptors (Lipinski definition) is 4. The van der Waals surface area contributed by atoms with Gasteiger partial charge in [0.1, 0.15) is 15.6 Å².